The molecule has 0 N–H and O–H groups in total. The van der Waals surface area contributed by atoms with Crippen LogP contribution in [0.2, 0.25) is 0 Å². The summed E-state index contributed by atoms with van der Waals surface area (Å²) in [7, 11) is -3.32. The first kappa shape index (κ1) is 16.9. The number of piperazine rings is 1. The molecule has 2 fully saturated rings. The molecule has 2 heterocycles. The van der Waals surface area contributed by atoms with Gasteiger partial charge in [-0.05, 0) is 12.0 Å². The number of rotatable bonds is 5. The lowest BCUT2D eigenvalue weighted by atomic mass is 10.1. The van der Waals surface area contributed by atoms with Gasteiger partial charge in [0.15, 0.2) is 0 Å². The highest BCUT2D eigenvalue weighted by atomic mass is 32.2. The average Bonchev–Trinajstić information content (AvgIpc) is 2.62. The van der Waals surface area contributed by atoms with E-state index in [-0.39, 0.29) is 0 Å². The number of morpholine rings is 1. The van der Waals surface area contributed by atoms with Gasteiger partial charge in [-0.3, -0.25) is 0 Å². The fraction of sp³-hybridized carbons (Fsp3) is 0.625. The second kappa shape index (κ2) is 7.72. The van der Waals surface area contributed by atoms with E-state index in [1.165, 1.54) is 5.56 Å². The Balaban J connectivity index is 1.48. The summed E-state index contributed by atoms with van der Waals surface area (Å²) in [6.45, 7) is 5.67. The predicted molar refractivity (Wildman–Crippen MR) is 89.5 cm³/mol. The molecule has 2 aliphatic heterocycles. The van der Waals surface area contributed by atoms with Gasteiger partial charge in [-0.2, -0.15) is 17.0 Å². The number of ether oxygens (including phenoxy) is 1. The smallest absolute Gasteiger partial charge is 0.282 e. The molecule has 3 rings (SSSR count). The first-order valence-corrected chi connectivity index (χ1v) is 9.65. The fourth-order valence-electron chi connectivity index (χ4n) is 3.06. The summed E-state index contributed by atoms with van der Waals surface area (Å²) in [5.74, 6) is 0. The molecule has 1 aromatic rings. The molecule has 7 heteroatoms. The Kier molecular flexibility index (Phi) is 5.66. The molecule has 0 unspecified atom stereocenters. The third-order valence-electron chi connectivity index (χ3n) is 4.51. The van der Waals surface area contributed by atoms with Crippen molar-refractivity contribution in [2.75, 3.05) is 59.0 Å². The van der Waals surface area contributed by atoms with E-state index >= 15 is 0 Å². The summed E-state index contributed by atoms with van der Waals surface area (Å²) >= 11 is 0. The lowest BCUT2D eigenvalue weighted by Gasteiger charge is -2.37. The van der Waals surface area contributed by atoms with Crippen LogP contribution in [0.3, 0.4) is 0 Å². The molecule has 0 aromatic heterocycles. The minimum atomic E-state index is -3.32. The molecule has 0 radical (unpaired) electrons. The standard InChI is InChI=1S/C16H25N3O3S/c20-23(21,19-12-14-22-15-13-19)18-10-8-17(9-11-18)7-6-16-4-2-1-3-5-16/h1-5H,6-15H2. The van der Waals surface area contributed by atoms with E-state index in [0.29, 0.717) is 39.4 Å². The second-order valence-electron chi connectivity index (χ2n) is 6.00. The minimum absolute atomic E-state index is 0.469. The topological polar surface area (TPSA) is 53.1 Å². The zero-order valence-corrected chi connectivity index (χ0v) is 14.2. The summed E-state index contributed by atoms with van der Waals surface area (Å²) in [6, 6.07) is 10.4. The summed E-state index contributed by atoms with van der Waals surface area (Å²) in [4.78, 5) is 2.35. The second-order valence-corrected chi connectivity index (χ2v) is 7.92. The number of hydrogen-bond donors (Lipinski definition) is 0. The van der Waals surface area contributed by atoms with E-state index in [1.54, 1.807) is 8.61 Å². The van der Waals surface area contributed by atoms with Crippen molar-refractivity contribution in [2.24, 2.45) is 0 Å². The van der Waals surface area contributed by atoms with Gasteiger partial charge in [-0.25, -0.2) is 0 Å². The van der Waals surface area contributed by atoms with Crippen LogP contribution in [0.4, 0.5) is 0 Å². The minimum Gasteiger partial charge on any atom is -0.379 e. The van der Waals surface area contributed by atoms with Crippen LogP contribution in [0.15, 0.2) is 30.3 Å². The van der Waals surface area contributed by atoms with Gasteiger partial charge < -0.3 is 9.64 Å². The third-order valence-corrected chi connectivity index (χ3v) is 6.55. The molecule has 0 atom stereocenters. The van der Waals surface area contributed by atoms with Gasteiger partial charge in [0.2, 0.25) is 0 Å². The van der Waals surface area contributed by atoms with Crippen molar-refractivity contribution < 1.29 is 13.2 Å². The molecular formula is C16H25N3O3S. The van der Waals surface area contributed by atoms with Gasteiger partial charge in [-0.15, -0.1) is 0 Å². The van der Waals surface area contributed by atoms with Crippen molar-refractivity contribution in [1.29, 1.82) is 0 Å². The highest BCUT2D eigenvalue weighted by Gasteiger charge is 2.32. The zero-order valence-electron chi connectivity index (χ0n) is 13.4. The predicted octanol–water partition coefficient (Wildman–Crippen LogP) is 0.424. The molecule has 0 spiro atoms. The van der Waals surface area contributed by atoms with Crippen LogP contribution >= 0.6 is 0 Å². The number of benzene rings is 1. The average molecular weight is 339 g/mol. The maximum Gasteiger partial charge on any atom is 0.282 e. The van der Waals surface area contributed by atoms with E-state index in [1.807, 2.05) is 6.07 Å². The van der Waals surface area contributed by atoms with Gasteiger partial charge >= 0.3 is 0 Å². The van der Waals surface area contributed by atoms with Gasteiger partial charge in [0.1, 0.15) is 0 Å². The van der Waals surface area contributed by atoms with Crippen molar-refractivity contribution in [2.45, 2.75) is 6.42 Å². The van der Waals surface area contributed by atoms with Crippen LogP contribution in [0.25, 0.3) is 0 Å². The zero-order chi connectivity index (χ0) is 16.1. The SMILES string of the molecule is O=S(=O)(N1CCOCC1)N1CCN(CCc2ccccc2)CC1. The molecule has 0 aliphatic carbocycles. The quantitative estimate of drug-likeness (QED) is 0.780. The van der Waals surface area contributed by atoms with Gasteiger partial charge in [0, 0.05) is 45.8 Å². The molecule has 1 aromatic carbocycles. The van der Waals surface area contributed by atoms with E-state index < -0.39 is 10.2 Å². The van der Waals surface area contributed by atoms with E-state index in [2.05, 4.69) is 29.2 Å². The lowest BCUT2D eigenvalue weighted by Crippen LogP contribution is -2.55. The molecular weight excluding hydrogens is 314 g/mol. The van der Waals surface area contributed by atoms with Crippen LogP contribution in [-0.4, -0.2) is 81.0 Å². The summed E-state index contributed by atoms with van der Waals surface area (Å²) in [6.07, 6.45) is 1.01. The molecule has 0 saturated carbocycles. The Labute approximate surface area is 138 Å². The molecule has 2 aliphatic rings. The van der Waals surface area contributed by atoms with Crippen molar-refractivity contribution >= 4 is 10.2 Å². The van der Waals surface area contributed by atoms with E-state index in [0.717, 1.165) is 26.1 Å². The van der Waals surface area contributed by atoms with Crippen LogP contribution < -0.4 is 0 Å². The lowest BCUT2D eigenvalue weighted by molar-refractivity contribution is 0.0685. The van der Waals surface area contributed by atoms with Crippen LogP contribution in [0.5, 0.6) is 0 Å². The molecule has 23 heavy (non-hydrogen) atoms. The van der Waals surface area contributed by atoms with E-state index in [9.17, 15) is 8.42 Å². The molecule has 6 nitrogen and oxygen atoms in total. The maximum atomic E-state index is 12.6. The number of nitrogens with zero attached hydrogens (tertiary/aromatic N) is 3. The van der Waals surface area contributed by atoms with Gasteiger partial charge in [0.05, 0.1) is 13.2 Å². The number of hydrogen-bond acceptors (Lipinski definition) is 4. The highest BCUT2D eigenvalue weighted by molar-refractivity contribution is 7.86. The fourth-order valence-corrected chi connectivity index (χ4v) is 4.62. The van der Waals surface area contributed by atoms with Crippen LogP contribution in [0, 0.1) is 0 Å². The normalized spacial score (nSPS) is 22.3. The van der Waals surface area contributed by atoms with Gasteiger partial charge in [0.25, 0.3) is 10.2 Å². The largest absolute Gasteiger partial charge is 0.379 e. The van der Waals surface area contributed by atoms with Gasteiger partial charge in [-0.1, -0.05) is 30.3 Å². The van der Waals surface area contributed by atoms with Crippen LogP contribution in [0.1, 0.15) is 5.56 Å². The van der Waals surface area contributed by atoms with Crippen molar-refractivity contribution in [3.05, 3.63) is 35.9 Å². The third kappa shape index (κ3) is 4.30. The molecule has 2 saturated heterocycles. The van der Waals surface area contributed by atoms with Crippen LogP contribution in [-0.2, 0) is 21.4 Å². The molecule has 128 valence electrons. The Morgan fingerprint density at radius 3 is 2.13 bits per heavy atom. The Morgan fingerprint density at radius 1 is 0.870 bits per heavy atom. The van der Waals surface area contributed by atoms with Crippen molar-refractivity contribution in [3.63, 3.8) is 0 Å². The first-order chi connectivity index (χ1) is 11.2. The first-order valence-electron chi connectivity index (χ1n) is 8.25. The monoisotopic (exact) mass is 339 g/mol. The highest BCUT2D eigenvalue weighted by Crippen LogP contribution is 2.14. The van der Waals surface area contributed by atoms with E-state index in [4.69, 9.17) is 4.74 Å². The summed E-state index contributed by atoms with van der Waals surface area (Å²) in [5.41, 5.74) is 1.33. The maximum absolute atomic E-state index is 12.6. The van der Waals surface area contributed by atoms with Crippen molar-refractivity contribution in [3.8, 4) is 0 Å². The molecule has 0 bridgehead atoms. The Morgan fingerprint density at radius 2 is 1.48 bits per heavy atom. The Bertz CT molecular complexity index is 580. The summed E-state index contributed by atoms with van der Waals surface area (Å²) < 4.78 is 33.6. The molecule has 0 amide bonds. The Hall–Kier alpha value is -0.990. The summed E-state index contributed by atoms with van der Waals surface area (Å²) in [5, 5.41) is 0. The van der Waals surface area contributed by atoms with Crippen molar-refractivity contribution in [1.82, 2.24) is 13.5 Å².